The summed E-state index contributed by atoms with van der Waals surface area (Å²) in [7, 11) is 0. The Bertz CT molecular complexity index is 147. The highest BCUT2D eigenvalue weighted by molar-refractivity contribution is 5.87. The average Bonchev–Trinajstić information content (AvgIpc) is 1.94. The number of carbonyl (C=O) groups is 1. The molecular weight excluding hydrogens is 102 g/mol. The molecule has 0 radical (unpaired) electrons. The number of nitrogens with zero attached hydrogens (tertiary/aromatic N) is 1. The Morgan fingerprint density at radius 3 is 3.25 bits per heavy atom. The highest BCUT2D eigenvalue weighted by Crippen LogP contribution is 1.93. The fourth-order valence-corrected chi connectivity index (χ4v) is 0.548. The number of hydrogen-bond acceptors (Lipinski definition) is 1. The maximum Gasteiger partial charge on any atom is 0.249 e. The molecule has 1 aliphatic rings. The van der Waals surface area contributed by atoms with Gasteiger partial charge in [0.1, 0.15) is 0 Å². The lowest BCUT2D eigenvalue weighted by molar-refractivity contribution is -0.116. The molecule has 0 aromatic rings. The summed E-state index contributed by atoms with van der Waals surface area (Å²) >= 11 is 0. The van der Waals surface area contributed by atoms with Crippen molar-refractivity contribution in [3.63, 3.8) is 0 Å². The molecule has 0 aliphatic carbocycles. The second kappa shape index (κ2) is 2.40. The second-order valence-electron chi connectivity index (χ2n) is 1.62. The van der Waals surface area contributed by atoms with Gasteiger partial charge in [0.05, 0.1) is 0 Å². The van der Waals surface area contributed by atoms with Gasteiger partial charge in [-0.25, -0.2) is 4.99 Å². The number of allylic oxidation sites excluding steroid dienone is 1. The molecule has 1 aliphatic heterocycles. The van der Waals surface area contributed by atoms with Crippen LogP contribution < -0.4 is 0 Å². The molecule has 0 saturated heterocycles. The van der Waals surface area contributed by atoms with Crippen LogP contribution in [0.1, 0.15) is 12.8 Å². The van der Waals surface area contributed by atoms with Gasteiger partial charge in [0.15, 0.2) is 0 Å². The van der Waals surface area contributed by atoms with Crippen LogP contribution in [0.4, 0.5) is 0 Å². The summed E-state index contributed by atoms with van der Waals surface area (Å²) in [6.45, 7) is 0. The van der Waals surface area contributed by atoms with Gasteiger partial charge in [0.25, 0.3) is 0 Å². The molecule has 0 fully saturated rings. The normalized spacial score (nSPS) is 18.8. The van der Waals surface area contributed by atoms with Crippen molar-refractivity contribution in [3.8, 4) is 0 Å². The number of rotatable bonds is 0. The zero-order valence-electron chi connectivity index (χ0n) is 4.50. The van der Waals surface area contributed by atoms with Crippen molar-refractivity contribution in [1.29, 1.82) is 0 Å². The van der Waals surface area contributed by atoms with Crippen LogP contribution in [-0.4, -0.2) is 12.1 Å². The van der Waals surface area contributed by atoms with Crippen molar-refractivity contribution in [2.45, 2.75) is 12.8 Å². The van der Waals surface area contributed by atoms with Crippen molar-refractivity contribution in [2.75, 3.05) is 0 Å². The first-order chi connectivity index (χ1) is 3.89. The monoisotopic (exact) mass is 109 g/mol. The van der Waals surface area contributed by atoms with Crippen molar-refractivity contribution in [1.82, 2.24) is 0 Å². The van der Waals surface area contributed by atoms with E-state index in [1.165, 1.54) is 0 Å². The Hall–Kier alpha value is -0.920. The molecular formula is C6H7NO. The van der Waals surface area contributed by atoms with E-state index in [1.807, 2.05) is 12.2 Å². The first-order valence-corrected chi connectivity index (χ1v) is 2.60. The molecule has 2 heteroatoms. The summed E-state index contributed by atoms with van der Waals surface area (Å²) in [6, 6.07) is 0. The molecule has 0 atom stereocenters. The molecule has 8 heavy (non-hydrogen) atoms. The van der Waals surface area contributed by atoms with Crippen LogP contribution in [0.25, 0.3) is 0 Å². The molecule has 1 amide bonds. The number of amides is 1. The van der Waals surface area contributed by atoms with Gasteiger partial charge in [0, 0.05) is 19.1 Å². The van der Waals surface area contributed by atoms with E-state index in [1.54, 1.807) is 6.21 Å². The lowest BCUT2D eigenvalue weighted by atomic mass is 10.3. The van der Waals surface area contributed by atoms with Gasteiger partial charge in [-0.2, -0.15) is 0 Å². The zero-order chi connectivity index (χ0) is 5.82. The third kappa shape index (κ3) is 1.30. The van der Waals surface area contributed by atoms with Gasteiger partial charge < -0.3 is 0 Å². The van der Waals surface area contributed by atoms with E-state index in [2.05, 4.69) is 4.99 Å². The largest absolute Gasteiger partial charge is 0.272 e. The van der Waals surface area contributed by atoms with E-state index in [0.717, 1.165) is 6.42 Å². The van der Waals surface area contributed by atoms with Crippen LogP contribution in [0, 0.1) is 0 Å². The fraction of sp³-hybridized carbons (Fsp3) is 0.333. The summed E-state index contributed by atoms with van der Waals surface area (Å²) in [6.07, 6.45) is 6.68. The Morgan fingerprint density at radius 2 is 2.38 bits per heavy atom. The molecule has 1 heterocycles. The Morgan fingerprint density at radius 1 is 1.50 bits per heavy atom. The molecule has 0 unspecified atom stereocenters. The molecule has 0 spiro atoms. The Balaban J connectivity index is 2.61. The van der Waals surface area contributed by atoms with Gasteiger partial charge >= 0.3 is 0 Å². The van der Waals surface area contributed by atoms with E-state index in [0.29, 0.717) is 6.42 Å². The van der Waals surface area contributed by atoms with E-state index < -0.39 is 0 Å². The first kappa shape index (κ1) is 5.22. The van der Waals surface area contributed by atoms with Crippen LogP contribution in [0.2, 0.25) is 0 Å². The van der Waals surface area contributed by atoms with Crippen molar-refractivity contribution >= 4 is 12.1 Å². The number of aliphatic imine (C=N–C) groups is 1. The predicted octanol–water partition coefficient (Wildman–Crippen LogP) is 0.934. The minimum Gasteiger partial charge on any atom is -0.272 e. The van der Waals surface area contributed by atoms with Gasteiger partial charge in [-0.15, -0.1) is 0 Å². The summed E-state index contributed by atoms with van der Waals surface area (Å²) in [5, 5.41) is 0. The zero-order valence-corrected chi connectivity index (χ0v) is 4.50. The molecule has 0 saturated carbocycles. The smallest absolute Gasteiger partial charge is 0.249 e. The molecule has 1 rings (SSSR count). The molecule has 0 bridgehead atoms. The first-order valence-electron chi connectivity index (χ1n) is 2.60. The van der Waals surface area contributed by atoms with Crippen LogP contribution in [0.5, 0.6) is 0 Å². The third-order valence-corrected chi connectivity index (χ3v) is 0.936. The summed E-state index contributed by atoms with van der Waals surface area (Å²) in [5.74, 6) is -0.0428. The highest BCUT2D eigenvalue weighted by atomic mass is 16.1. The van der Waals surface area contributed by atoms with Crippen molar-refractivity contribution in [3.05, 3.63) is 12.2 Å². The maximum absolute atomic E-state index is 10.4. The lowest BCUT2D eigenvalue weighted by Gasteiger charge is -1.78. The van der Waals surface area contributed by atoms with Gasteiger partial charge in [0.2, 0.25) is 5.91 Å². The van der Waals surface area contributed by atoms with Gasteiger partial charge in [-0.1, -0.05) is 12.2 Å². The topological polar surface area (TPSA) is 29.4 Å². The maximum atomic E-state index is 10.4. The van der Waals surface area contributed by atoms with E-state index in [-0.39, 0.29) is 5.91 Å². The van der Waals surface area contributed by atoms with Crippen molar-refractivity contribution < 1.29 is 4.79 Å². The lowest BCUT2D eigenvalue weighted by Crippen LogP contribution is -1.86. The third-order valence-electron chi connectivity index (χ3n) is 0.936. The minimum absolute atomic E-state index is 0.0428. The minimum atomic E-state index is -0.0428. The summed E-state index contributed by atoms with van der Waals surface area (Å²) < 4.78 is 0. The molecule has 42 valence electrons. The van der Waals surface area contributed by atoms with Crippen LogP contribution in [0.3, 0.4) is 0 Å². The SMILES string of the molecule is O=C1CC=CCC=N1. The second-order valence-corrected chi connectivity index (χ2v) is 1.62. The average molecular weight is 109 g/mol. The number of hydrogen-bond donors (Lipinski definition) is 0. The van der Waals surface area contributed by atoms with Gasteiger partial charge in [-0.3, -0.25) is 4.79 Å². The van der Waals surface area contributed by atoms with Gasteiger partial charge in [-0.05, 0) is 0 Å². The molecule has 0 aromatic heterocycles. The van der Waals surface area contributed by atoms with Crippen LogP contribution in [-0.2, 0) is 4.79 Å². The molecule has 2 nitrogen and oxygen atoms in total. The van der Waals surface area contributed by atoms with E-state index >= 15 is 0 Å². The summed E-state index contributed by atoms with van der Waals surface area (Å²) in [5.41, 5.74) is 0. The molecule has 0 aromatic carbocycles. The van der Waals surface area contributed by atoms with Crippen molar-refractivity contribution in [2.24, 2.45) is 4.99 Å². The standard InChI is InChI=1S/C6H7NO/c8-6-4-2-1-3-5-7-6/h1-2,5H,3-4H2. The quantitative estimate of drug-likeness (QED) is 0.425. The molecule has 0 N–H and O–H groups in total. The van der Waals surface area contributed by atoms with E-state index in [9.17, 15) is 4.79 Å². The Kier molecular flexibility index (Phi) is 1.57. The predicted molar refractivity (Wildman–Crippen MR) is 31.9 cm³/mol. The van der Waals surface area contributed by atoms with Crippen LogP contribution >= 0.6 is 0 Å². The number of carbonyl (C=O) groups excluding carboxylic acids is 1. The fourth-order valence-electron chi connectivity index (χ4n) is 0.548. The van der Waals surface area contributed by atoms with Crippen LogP contribution in [0.15, 0.2) is 17.1 Å². The summed E-state index contributed by atoms with van der Waals surface area (Å²) in [4.78, 5) is 14.0. The Labute approximate surface area is 47.9 Å². The van der Waals surface area contributed by atoms with E-state index in [4.69, 9.17) is 0 Å². The highest BCUT2D eigenvalue weighted by Gasteiger charge is 1.93.